The van der Waals surface area contributed by atoms with Crippen LogP contribution in [0.5, 0.6) is 0 Å². The quantitative estimate of drug-likeness (QED) is 0.553. The van der Waals surface area contributed by atoms with E-state index >= 15 is 0 Å². The van der Waals surface area contributed by atoms with Crippen molar-refractivity contribution in [1.29, 1.82) is 0 Å². The van der Waals surface area contributed by atoms with E-state index < -0.39 is 12.0 Å². The highest BCUT2D eigenvalue weighted by molar-refractivity contribution is 8.00. The molecule has 5 heteroatoms. The molecule has 30 heavy (non-hydrogen) atoms. The molecule has 0 radical (unpaired) electrons. The molecule has 1 amide bonds. The van der Waals surface area contributed by atoms with Gasteiger partial charge < -0.3 is 9.64 Å². The maximum absolute atomic E-state index is 14.0. The third-order valence-electron chi connectivity index (χ3n) is 5.25. The number of esters is 1. The molecule has 0 aromatic heterocycles. The Bertz CT molecular complexity index is 785. The van der Waals surface area contributed by atoms with E-state index in [2.05, 4.69) is 13.8 Å². The zero-order chi connectivity index (χ0) is 21.5. The molecule has 2 unspecified atom stereocenters. The summed E-state index contributed by atoms with van der Waals surface area (Å²) >= 11 is 1.69. The number of benzene rings is 2. The zero-order valence-electron chi connectivity index (χ0n) is 18.0. The Morgan fingerprint density at radius 3 is 2.10 bits per heavy atom. The van der Waals surface area contributed by atoms with Crippen molar-refractivity contribution in [3.05, 3.63) is 71.8 Å². The first kappa shape index (κ1) is 22.4. The Labute approximate surface area is 184 Å². The van der Waals surface area contributed by atoms with E-state index in [9.17, 15) is 9.59 Å². The largest absolute Gasteiger partial charge is 0.464 e. The average molecular weight is 426 g/mol. The molecule has 0 bridgehead atoms. The standard InChI is InChI=1S/C25H31NO3S/c1-4-15-29-25(28)21-17-30-22(16-18(2)3)26(21)24(27)23(19-11-7-5-8-12-19)20-13-9-6-10-14-20/h5-14,18,21-23H,4,15-17H2,1-3H3. The summed E-state index contributed by atoms with van der Waals surface area (Å²) < 4.78 is 5.45. The fraction of sp³-hybridized carbons (Fsp3) is 0.440. The van der Waals surface area contributed by atoms with Crippen LogP contribution in [-0.2, 0) is 14.3 Å². The lowest BCUT2D eigenvalue weighted by Crippen LogP contribution is -2.48. The summed E-state index contributed by atoms with van der Waals surface area (Å²) in [7, 11) is 0. The van der Waals surface area contributed by atoms with Crippen LogP contribution in [-0.4, -0.2) is 40.6 Å². The van der Waals surface area contributed by atoms with E-state index in [1.54, 1.807) is 11.8 Å². The van der Waals surface area contributed by atoms with Gasteiger partial charge in [-0.3, -0.25) is 4.79 Å². The number of thioether (sulfide) groups is 1. The summed E-state index contributed by atoms with van der Waals surface area (Å²) in [6.45, 7) is 6.66. The van der Waals surface area contributed by atoms with Crippen molar-refractivity contribution in [3.8, 4) is 0 Å². The van der Waals surface area contributed by atoms with Crippen LogP contribution in [0, 0.1) is 5.92 Å². The molecule has 0 aliphatic carbocycles. The maximum Gasteiger partial charge on any atom is 0.329 e. The highest BCUT2D eigenvalue weighted by atomic mass is 32.2. The molecule has 0 spiro atoms. The molecular weight excluding hydrogens is 394 g/mol. The van der Waals surface area contributed by atoms with E-state index in [0.29, 0.717) is 18.3 Å². The Hall–Kier alpha value is -2.27. The molecule has 2 aromatic carbocycles. The van der Waals surface area contributed by atoms with Gasteiger partial charge in [-0.15, -0.1) is 11.8 Å². The zero-order valence-corrected chi connectivity index (χ0v) is 18.8. The average Bonchev–Trinajstić information content (AvgIpc) is 3.16. The first-order chi connectivity index (χ1) is 14.5. The first-order valence-corrected chi connectivity index (χ1v) is 11.8. The van der Waals surface area contributed by atoms with Gasteiger partial charge in [-0.05, 0) is 29.9 Å². The van der Waals surface area contributed by atoms with Gasteiger partial charge in [-0.1, -0.05) is 81.4 Å². The van der Waals surface area contributed by atoms with Crippen molar-refractivity contribution in [3.63, 3.8) is 0 Å². The normalized spacial score (nSPS) is 18.8. The summed E-state index contributed by atoms with van der Waals surface area (Å²) in [6, 6.07) is 19.1. The molecule has 1 fully saturated rings. The minimum absolute atomic E-state index is 0.0217. The molecule has 1 heterocycles. The lowest BCUT2D eigenvalue weighted by atomic mass is 9.89. The minimum atomic E-state index is -0.535. The number of amides is 1. The lowest BCUT2D eigenvalue weighted by molar-refractivity contribution is -0.154. The molecule has 1 saturated heterocycles. The molecule has 0 N–H and O–H groups in total. The second kappa shape index (κ2) is 10.7. The third kappa shape index (κ3) is 5.25. The number of nitrogens with zero attached hydrogens (tertiary/aromatic N) is 1. The second-order valence-corrected chi connectivity index (χ2v) is 9.31. The van der Waals surface area contributed by atoms with Gasteiger partial charge in [-0.2, -0.15) is 0 Å². The van der Waals surface area contributed by atoms with Crippen molar-refractivity contribution in [2.75, 3.05) is 12.4 Å². The van der Waals surface area contributed by atoms with E-state index in [1.807, 2.05) is 72.5 Å². The number of carbonyl (C=O) groups is 2. The van der Waals surface area contributed by atoms with Gasteiger partial charge in [0.05, 0.1) is 17.9 Å². The summed E-state index contributed by atoms with van der Waals surface area (Å²) in [5, 5.41) is -0.0217. The van der Waals surface area contributed by atoms with Crippen LogP contribution < -0.4 is 0 Å². The highest BCUT2D eigenvalue weighted by Gasteiger charge is 2.45. The Morgan fingerprint density at radius 1 is 1.03 bits per heavy atom. The van der Waals surface area contributed by atoms with E-state index in [1.165, 1.54) is 0 Å². The van der Waals surface area contributed by atoms with Gasteiger partial charge in [-0.25, -0.2) is 4.79 Å². The summed E-state index contributed by atoms with van der Waals surface area (Å²) in [4.78, 5) is 28.7. The topological polar surface area (TPSA) is 46.6 Å². The van der Waals surface area contributed by atoms with E-state index in [0.717, 1.165) is 24.0 Å². The van der Waals surface area contributed by atoms with E-state index in [4.69, 9.17) is 4.74 Å². The number of rotatable bonds is 8. The van der Waals surface area contributed by atoms with Gasteiger partial charge in [0, 0.05) is 5.75 Å². The van der Waals surface area contributed by atoms with Crippen molar-refractivity contribution >= 4 is 23.6 Å². The summed E-state index contributed by atoms with van der Waals surface area (Å²) in [5.41, 5.74) is 1.88. The third-order valence-corrected chi connectivity index (χ3v) is 6.57. The monoisotopic (exact) mass is 425 g/mol. The molecular formula is C25H31NO3S. The van der Waals surface area contributed by atoms with Crippen LogP contribution in [0.1, 0.15) is 50.7 Å². The fourth-order valence-electron chi connectivity index (χ4n) is 3.84. The molecule has 3 rings (SSSR count). The SMILES string of the molecule is CCCOC(=O)C1CSC(CC(C)C)N1C(=O)C(c1ccccc1)c1ccccc1. The van der Waals surface area contributed by atoms with Crippen molar-refractivity contribution < 1.29 is 14.3 Å². The molecule has 2 aromatic rings. The van der Waals surface area contributed by atoms with Crippen molar-refractivity contribution in [1.82, 2.24) is 4.90 Å². The lowest BCUT2D eigenvalue weighted by Gasteiger charge is -2.33. The van der Waals surface area contributed by atoms with Crippen LogP contribution in [0.4, 0.5) is 0 Å². The van der Waals surface area contributed by atoms with Gasteiger partial charge in [0.15, 0.2) is 0 Å². The summed E-state index contributed by atoms with van der Waals surface area (Å²) in [6.07, 6.45) is 1.62. The predicted octanol–water partition coefficient (Wildman–Crippen LogP) is 5.09. The minimum Gasteiger partial charge on any atom is -0.464 e. The number of carbonyl (C=O) groups excluding carboxylic acids is 2. The van der Waals surface area contributed by atoms with Crippen LogP contribution in [0.15, 0.2) is 60.7 Å². The van der Waals surface area contributed by atoms with Gasteiger partial charge >= 0.3 is 5.97 Å². The second-order valence-electron chi connectivity index (χ2n) is 8.10. The van der Waals surface area contributed by atoms with Crippen LogP contribution in [0.3, 0.4) is 0 Å². The van der Waals surface area contributed by atoms with Gasteiger partial charge in [0.2, 0.25) is 5.91 Å². The maximum atomic E-state index is 14.0. The predicted molar refractivity (Wildman–Crippen MR) is 122 cm³/mol. The highest BCUT2D eigenvalue weighted by Crippen LogP contribution is 2.38. The van der Waals surface area contributed by atoms with Crippen molar-refractivity contribution in [2.45, 2.75) is 50.9 Å². The fourth-order valence-corrected chi connectivity index (χ4v) is 5.48. The van der Waals surface area contributed by atoms with Crippen LogP contribution in [0.25, 0.3) is 0 Å². The van der Waals surface area contributed by atoms with E-state index in [-0.39, 0.29) is 17.3 Å². The smallest absolute Gasteiger partial charge is 0.329 e. The number of hydrogen-bond acceptors (Lipinski definition) is 4. The number of ether oxygens (including phenoxy) is 1. The molecule has 4 nitrogen and oxygen atoms in total. The summed E-state index contributed by atoms with van der Waals surface area (Å²) in [5.74, 6) is 0.254. The molecule has 0 saturated carbocycles. The Morgan fingerprint density at radius 2 is 1.60 bits per heavy atom. The molecule has 1 aliphatic heterocycles. The Kier molecular flexibility index (Phi) is 7.97. The molecule has 1 aliphatic rings. The van der Waals surface area contributed by atoms with Gasteiger partial charge in [0.25, 0.3) is 0 Å². The van der Waals surface area contributed by atoms with Gasteiger partial charge in [0.1, 0.15) is 6.04 Å². The molecule has 160 valence electrons. The first-order valence-electron chi connectivity index (χ1n) is 10.7. The van der Waals surface area contributed by atoms with Crippen LogP contribution >= 0.6 is 11.8 Å². The van der Waals surface area contributed by atoms with Crippen molar-refractivity contribution in [2.24, 2.45) is 5.92 Å². The number of hydrogen-bond donors (Lipinski definition) is 0. The van der Waals surface area contributed by atoms with Crippen LogP contribution in [0.2, 0.25) is 0 Å². The Balaban J connectivity index is 1.98. The molecule has 2 atom stereocenters.